The molecule has 0 spiro atoms. The third kappa shape index (κ3) is 3.38. The van der Waals surface area contributed by atoms with Crippen LogP contribution in [0.1, 0.15) is 6.92 Å². The molecule has 1 rings (SSSR count). The summed E-state index contributed by atoms with van der Waals surface area (Å²) < 4.78 is 49.2. The van der Waals surface area contributed by atoms with Gasteiger partial charge < -0.3 is 5.73 Å². The van der Waals surface area contributed by atoms with Crippen LogP contribution in [0.15, 0.2) is 0 Å². The number of nitrogens with two attached hydrogens (primary N) is 1. The summed E-state index contributed by atoms with van der Waals surface area (Å²) >= 11 is 4.68. The first-order valence-corrected chi connectivity index (χ1v) is 9.06. The highest BCUT2D eigenvalue weighted by Crippen LogP contribution is 2.14. The zero-order chi connectivity index (χ0) is 14.1. The largest absolute Gasteiger partial charge is 0.392 e. The van der Waals surface area contributed by atoms with E-state index < -0.39 is 25.3 Å². The second kappa shape index (κ2) is 5.37. The molecule has 1 unspecified atom stereocenters. The Hall–Kier alpha value is -0.290. The maximum atomic E-state index is 12.1. The molecule has 7 nitrogen and oxygen atoms in total. The van der Waals surface area contributed by atoms with Gasteiger partial charge in [0, 0.05) is 26.2 Å². The highest BCUT2D eigenvalue weighted by molar-refractivity contribution is 7.92. The van der Waals surface area contributed by atoms with Gasteiger partial charge >= 0.3 is 0 Å². The predicted molar refractivity (Wildman–Crippen MR) is 73.2 cm³/mol. The fraction of sp³-hybridized carbons (Fsp3) is 0.875. The van der Waals surface area contributed by atoms with Crippen LogP contribution in [-0.2, 0) is 20.0 Å². The van der Waals surface area contributed by atoms with Crippen LogP contribution in [-0.4, -0.2) is 68.1 Å². The Balaban J connectivity index is 2.78. The van der Waals surface area contributed by atoms with Crippen LogP contribution >= 0.6 is 12.2 Å². The smallest absolute Gasteiger partial charge is 0.223 e. The van der Waals surface area contributed by atoms with E-state index in [9.17, 15) is 16.8 Å². The summed E-state index contributed by atoms with van der Waals surface area (Å²) in [5, 5.41) is -0.933. The molecule has 10 heteroatoms. The number of piperazine rings is 1. The van der Waals surface area contributed by atoms with Crippen molar-refractivity contribution in [2.45, 2.75) is 12.2 Å². The summed E-state index contributed by atoms with van der Waals surface area (Å²) in [6.07, 6.45) is 1.11. The minimum atomic E-state index is -3.58. The van der Waals surface area contributed by atoms with Crippen LogP contribution in [0.5, 0.6) is 0 Å². The van der Waals surface area contributed by atoms with Gasteiger partial charge in [0.25, 0.3) is 0 Å². The molecule has 1 heterocycles. The van der Waals surface area contributed by atoms with Gasteiger partial charge in [-0.1, -0.05) is 12.2 Å². The second-order valence-corrected chi connectivity index (χ2v) is 8.86. The van der Waals surface area contributed by atoms with Crippen molar-refractivity contribution in [2.75, 3.05) is 32.4 Å². The summed E-state index contributed by atoms with van der Waals surface area (Å²) in [6, 6.07) is 0. The molecule has 0 radical (unpaired) electrons. The van der Waals surface area contributed by atoms with Crippen LogP contribution < -0.4 is 5.73 Å². The van der Waals surface area contributed by atoms with Crippen molar-refractivity contribution in [3.63, 3.8) is 0 Å². The molecule has 1 fully saturated rings. The summed E-state index contributed by atoms with van der Waals surface area (Å²) in [5.74, 6) is 0. The number of hydrogen-bond donors (Lipinski definition) is 1. The van der Waals surface area contributed by atoms with Gasteiger partial charge in [-0.05, 0) is 6.92 Å². The zero-order valence-corrected chi connectivity index (χ0v) is 12.7. The van der Waals surface area contributed by atoms with Gasteiger partial charge in [-0.15, -0.1) is 0 Å². The summed E-state index contributed by atoms with van der Waals surface area (Å²) in [5.41, 5.74) is 5.34. The van der Waals surface area contributed by atoms with Crippen LogP contribution in [0.25, 0.3) is 0 Å². The quantitative estimate of drug-likeness (QED) is 0.638. The molecule has 0 aromatic carbocycles. The first-order valence-electron chi connectivity index (χ1n) is 5.30. The molecule has 2 N–H and O–H groups in total. The van der Waals surface area contributed by atoms with Crippen LogP contribution in [0.4, 0.5) is 0 Å². The maximum absolute atomic E-state index is 12.1. The normalized spacial score (nSPS) is 21.7. The van der Waals surface area contributed by atoms with Crippen LogP contribution in [0.3, 0.4) is 0 Å². The maximum Gasteiger partial charge on any atom is 0.223 e. The van der Waals surface area contributed by atoms with Crippen molar-refractivity contribution in [3.8, 4) is 0 Å². The van der Waals surface area contributed by atoms with E-state index >= 15 is 0 Å². The topological polar surface area (TPSA) is 101 Å². The van der Waals surface area contributed by atoms with E-state index in [1.165, 1.54) is 15.5 Å². The fourth-order valence-corrected chi connectivity index (χ4v) is 4.23. The molecular formula is C8H17N3O4S3. The average Bonchev–Trinajstić information content (AvgIpc) is 2.26. The van der Waals surface area contributed by atoms with E-state index in [0.29, 0.717) is 0 Å². The minimum Gasteiger partial charge on any atom is -0.392 e. The lowest BCUT2D eigenvalue weighted by Crippen LogP contribution is -2.53. The second-order valence-electron chi connectivity index (χ2n) is 4.15. The van der Waals surface area contributed by atoms with Crippen molar-refractivity contribution < 1.29 is 16.8 Å². The molecule has 18 heavy (non-hydrogen) atoms. The summed E-state index contributed by atoms with van der Waals surface area (Å²) in [4.78, 5) is -0.0828. The molecule has 0 saturated carbocycles. The van der Waals surface area contributed by atoms with E-state index in [1.807, 2.05) is 0 Å². The molecule has 1 aliphatic heterocycles. The molecule has 106 valence electrons. The highest BCUT2D eigenvalue weighted by atomic mass is 32.2. The molecule has 0 aromatic rings. The minimum absolute atomic E-state index is 0.0828. The molecule has 1 saturated heterocycles. The molecule has 0 aliphatic carbocycles. The van der Waals surface area contributed by atoms with Crippen molar-refractivity contribution in [1.82, 2.24) is 8.61 Å². The van der Waals surface area contributed by atoms with E-state index in [-0.39, 0.29) is 31.2 Å². The van der Waals surface area contributed by atoms with Crippen LogP contribution in [0, 0.1) is 0 Å². The SMILES string of the molecule is CC(C(N)=S)S(=O)(=O)N1CCN(S(C)(=O)=O)CC1. The Morgan fingerprint density at radius 1 is 1.11 bits per heavy atom. The Labute approximate surface area is 113 Å². The van der Waals surface area contributed by atoms with Gasteiger partial charge in [0.1, 0.15) is 5.25 Å². The Morgan fingerprint density at radius 3 is 1.83 bits per heavy atom. The summed E-state index contributed by atoms with van der Waals surface area (Å²) in [6.45, 7) is 2.00. The lowest BCUT2D eigenvalue weighted by Gasteiger charge is -2.33. The number of hydrogen-bond acceptors (Lipinski definition) is 5. The van der Waals surface area contributed by atoms with Gasteiger partial charge in [0.05, 0.1) is 11.2 Å². The van der Waals surface area contributed by atoms with Crippen molar-refractivity contribution >= 4 is 37.3 Å². The third-order valence-corrected chi connectivity index (χ3v) is 6.91. The van der Waals surface area contributed by atoms with Gasteiger partial charge in [-0.25, -0.2) is 16.8 Å². The first kappa shape index (κ1) is 15.8. The number of thiocarbonyl (C=S) groups is 1. The number of nitrogens with zero attached hydrogens (tertiary/aromatic N) is 2. The summed E-state index contributed by atoms with van der Waals surface area (Å²) in [7, 11) is -6.85. The third-order valence-electron chi connectivity index (χ3n) is 2.87. The zero-order valence-electron chi connectivity index (χ0n) is 10.2. The number of sulfonamides is 2. The molecule has 1 aliphatic rings. The molecule has 0 bridgehead atoms. The monoisotopic (exact) mass is 315 g/mol. The molecule has 1 atom stereocenters. The molecule has 0 aromatic heterocycles. The van der Waals surface area contributed by atoms with E-state index in [1.54, 1.807) is 0 Å². The predicted octanol–water partition coefficient (Wildman–Crippen LogP) is -1.43. The van der Waals surface area contributed by atoms with Gasteiger partial charge in [-0.3, -0.25) is 0 Å². The Morgan fingerprint density at radius 2 is 1.50 bits per heavy atom. The molecule has 0 amide bonds. The van der Waals surface area contributed by atoms with Gasteiger partial charge in [-0.2, -0.15) is 8.61 Å². The van der Waals surface area contributed by atoms with E-state index in [2.05, 4.69) is 12.2 Å². The van der Waals surface area contributed by atoms with E-state index in [0.717, 1.165) is 6.26 Å². The van der Waals surface area contributed by atoms with E-state index in [4.69, 9.17) is 5.73 Å². The molecular weight excluding hydrogens is 298 g/mol. The van der Waals surface area contributed by atoms with Crippen molar-refractivity contribution in [3.05, 3.63) is 0 Å². The standard InChI is InChI=1S/C8H17N3O4S3/c1-7(8(9)16)18(14,15)11-5-3-10(4-6-11)17(2,12)13/h7H,3-6H2,1-2H3,(H2,9,16). The Bertz CT molecular complexity index is 520. The highest BCUT2D eigenvalue weighted by Gasteiger charge is 2.34. The van der Waals surface area contributed by atoms with Gasteiger partial charge in [0.2, 0.25) is 20.0 Å². The Kier molecular flexibility index (Phi) is 4.70. The number of rotatable bonds is 4. The lowest BCUT2D eigenvalue weighted by atomic mass is 10.4. The van der Waals surface area contributed by atoms with Crippen LogP contribution in [0.2, 0.25) is 0 Å². The van der Waals surface area contributed by atoms with Gasteiger partial charge in [0.15, 0.2) is 0 Å². The average molecular weight is 315 g/mol. The fourth-order valence-electron chi connectivity index (χ4n) is 1.63. The van der Waals surface area contributed by atoms with Crippen molar-refractivity contribution in [1.29, 1.82) is 0 Å². The lowest BCUT2D eigenvalue weighted by molar-refractivity contribution is 0.273. The first-order chi connectivity index (χ1) is 8.06. The van der Waals surface area contributed by atoms with Crippen molar-refractivity contribution in [2.24, 2.45) is 5.73 Å².